The molecular formula is C19H16Cl3N3O2. The first-order valence-corrected chi connectivity index (χ1v) is 9.19. The van der Waals surface area contributed by atoms with Gasteiger partial charge in [0.25, 0.3) is 5.91 Å². The maximum atomic E-state index is 12.1. The summed E-state index contributed by atoms with van der Waals surface area (Å²) in [7, 11) is 0. The number of hydrogen-bond acceptors (Lipinski definition) is 3. The van der Waals surface area contributed by atoms with Crippen LogP contribution in [0.25, 0.3) is 0 Å². The van der Waals surface area contributed by atoms with E-state index >= 15 is 0 Å². The Balaban J connectivity index is 1.55. The number of aromatic nitrogens is 2. The predicted octanol–water partition coefficient (Wildman–Crippen LogP) is 5.22. The average Bonchev–Trinajstić information content (AvgIpc) is 3.03. The van der Waals surface area contributed by atoms with Gasteiger partial charge in [-0.05, 0) is 30.7 Å². The number of hydrogen-bond donors (Lipinski definition) is 1. The van der Waals surface area contributed by atoms with E-state index in [9.17, 15) is 4.79 Å². The minimum Gasteiger partial charge on any atom is -0.482 e. The molecule has 1 aromatic heterocycles. The second-order valence-electron chi connectivity index (χ2n) is 5.83. The Kier molecular flexibility index (Phi) is 6.26. The molecular weight excluding hydrogens is 409 g/mol. The molecule has 1 N–H and O–H groups in total. The number of ether oxygens (including phenoxy) is 1. The van der Waals surface area contributed by atoms with Crippen molar-refractivity contribution in [2.24, 2.45) is 0 Å². The van der Waals surface area contributed by atoms with Crippen molar-refractivity contribution >= 4 is 46.4 Å². The summed E-state index contributed by atoms with van der Waals surface area (Å²) in [4.78, 5) is 16.3. The predicted molar refractivity (Wildman–Crippen MR) is 108 cm³/mol. The molecule has 0 unspecified atom stereocenters. The SMILES string of the molecule is Cc1nccn1Cc1ccc(NC(=O)COc2cc(Cl)c(Cl)cc2Cl)cc1. The Morgan fingerprint density at radius 1 is 1.11 bits per heavy atom. The van der Waals surface area contributed by atoms with Crippen LogP contribution >= 0.6 is 34.8 Å². The fraction of sp³-hybridized carbons (Fsp3) is 0.158. The van der Waals surface area contributed by atoms with E-state index in [-0.39, 0.29) is 17.5 Å². The zero-order valence-electron chi connectivity index (χ0n) is 14.4. The van der Waals surface area contributed by atoms with Gasteiger partial charge in [-0.2, -0.15) is 0 Å². The number of benzene rings is 2. The first-order chi connectivity index (χ1) is 12.9. The number of imidazole rings is 1. The number of carbonyl (C=O) groups is 1. The van der Waals surface area contributed by atoms with Gasteiger partial charge in [-0.15, -0.1) is 0 Å². The van der Waals surface area contributed by atoms with E-state index in [1.165, 1.54) is 12.1 Å². The Morgan fingerprint density at radius 3 is 2.48 bits per heavy atom. The fourth-order valence-corrected chi connectivity index (χ4v) is 3.01. The normalized spacial score (nSPS) is 10.7. The van der Waals surface area contributed by atoms with Crippen LogP contribution in [0.2, 0.25) is 15.1 Å². The van der Waals surface area contributed by atoms with E-state index in [2.05, 4.69) is 10.3 Å². The first kappa shape index (κ1) is 19.5. The Hall–Kier alpha value is -2.21. The van der Waals surface area contributed by atoms with E-state index in [0.717, 1.165) is 17.9 Å². The number of nitrogens with zero attached hydrogens (tertiary/aromatic N) is 2. The van der Waals surface area contributed by atoms with Crippen LogP contribution in [-0.4, -0.2) is 22.1 Å². The van der Waals surface area contributed by atoms with Crippen LogP contribution in [-0.2, 0) is 11.3 Å². The van der Waals surface area contributed by atoms with E-state index in [0.29, 0.717) is 21.5 Å². The third-order valence-electron chi connectivity index (χ3n) is 3.85. The quantitative estimate of drug-likeness (QED) is 0.552. The van der Waals surface area contributed by atoms with Gasteiger partial charge in [0.15, 0.2) is 6.61 Å². The molecule has 0 atom stereocenters. The van der Waals surface area contributed by atoms with Crippen molar-refractivity contribution in [3.8, 4) is 5.75 Å². The molecule has 8 heteroatoms. The number of nitrogens with one attached hydrogen (secondary N) is 1. The molecule has 0 bridgehead atoms. The minimum atomic E-state index is -0.310. The smallest absolute Gasteiger partial charge is 0.262 e. The Bertz CT molecular complexity index is 955. The number of aryl methyl sites for hydroxylation is 1. The van der Waals surface area contributed by atoms with E-state index in [4.69, 9.17) is 39.5 Å². The first-order valence-electron chi connectivity index (χ1n) is 8.06. The topological polar surface area (TPSA) is 56.2 Å². The van der Waals surface area contributed by atoms with Gasteiger partial charge in [0.2, 0.25) is 0 Å². The van der Waals surface area contributed by atoms with Gasteiger partial charge in [-0.1, -0.05) is 46.9 Å². The molecule has 0 spiro atoms. The summed E-state index contributed by atoms with van der Waals surface area (Å²) >= 11 is 17.8. The molecule has 140 valence electrons. The van der Waals surface area contributed by atoms with Gasteiger partial charge in [0.05, 0.1) is 15.1 Å². The lowest BCUT2D eigenvalue weighted by Crippen LogP contribution is -2.20. The van der Waals surface area contributed by atoms with Crippen LogP contribution in [0.4, 0.5) is 5.69 Å². The monoisotopic (exact) mass is 423 g/mol. The Labute approximate surface area is 171 Å². The van der Waals surface area contributed by atoms with Crippen molar-refractivity contribution in [2.45, 2.75) is 13.5 Å². The molecule has 0 saturated carbocycles. The van der Waals surface area contributed by atoms with Crippen molar-refractivity contribution in [3.63, 3.8) is 0 Å². The van der Waals surface area contributed by atoms with Crippen molar-refractivity contribution in [3.05, 3.63) is 75.2 Å². The van der Waals surface area contributed by atoms with Gasteiger partial charge < -0.3 is 14.6 Å². The van der Waals surface area contributed by atoms with E-state index < -0.39 is 0 Å². The van der Waals surface area contributed by atoms with Crippen molar-refractivity contribution in [1.82, 2.24) is 9.55 Å². The molecule has 1 amide bonds. The van der Waals surface area contributed by atoms with Crippen LogP contribution in [0.1, 0.15) is 11.4 Å². The second-order valence-corrected chi connectivity index (χ2v) is 7.05. The van der Waals surface area contributed by atoms with Crippen molar-refractivity contribution < 1.29 is 9.53 Å². The summed E-state index contributed by atoms with van der Waals surface area (Å²) in [6.45, 7) is 2.47. The van der Waals surface area contributed by atoms with Gasteiger partial charge in [0, 0.05) is 30.7 Å². The molecule has 0 aliphatic carbocycles. The number of anilines is 1. The lowest BCUT2D eigenvalue weighted by atomic mass is 10.2. The maximum Gasteiger partial charge on any atom is 0.262 e. The Morgan fingerprint density at radius 2 is 1.81 bits per heavy atom. The zero-order chi connectivity index (χ0) is 19.4. The zero-order valence-corrected chi connectivity index (χ0v) is 16.6. The minimum absolute atomic E-state index is 0.201. The van der Waals surface area contributed by atoms with E-state index in [1.807, 2.05) is 42.0 Å². The fourth-order valence-electron chi connectivity index (χ4n) is 2.42. The van der Waals surface area contributed by atoms with Crippen molar-refractivity contribution in [1.29, 1.82) is 0 Å². The van der Waals surface area contributed by atoms with Gasteiger partial charge in [-0.25, -0.2) is 4.98 Å². The maximum absolute atomic E-state index is 12.1. The molecule has 0 fully saturated rings. The lowest BCUT2D eigenvalue weighted by molar-refractivity contribution is -0.118. The molecule has 0 radical (unpaired) electrons. The average molecular weight is 425 g/mol. The van der Waals surface area contributed by atoms with Gasteiger partial charge >= 0.3 is 0 Å². The van der Waals surface area contributed by atoms with Gasteiger partial charge in [0.1, 0.15) is 11.6 Å². The lowest BCUT2D eigenvalue weighted by Gasteiger charge is -2.10. The molecule has 3 aromatic rings. The second kappa shape index (κ2) is 8.65. The summed E-state index contributed by atoms with van der Waals surface area (Å²) in [5.74, 6) is 0.938. The van der Waals surface area contributed by atoms with Crippen LogP contribution in [0.5, 0.6) is 5.75 Å². The standard InChI is InChI=1S/C19H16Cl3N3O2/c1-12-23-6-7-25(12)10-13-2-4-14(5-3-13)24-19(26)11-27-18-9-16(21)15(20)8-17(18)22/h2-9H,10-11H2,1H3,(H,24,26). The number of carbonyl (C=O) groups excluding carboxylic acids is 1. The molecule has 2 aromatic carbocycles. The highest BCUT2D eigenvalue weighted by atomic mass is 35.5. The molecule has 3 rings (SSSR count). The molecule has 1 heterocycles. The summed E-state index contributed by atoms with van der Waals surface area (Å²) in [5, 5.41) is 3.69. The summed E-state index contributed by atoms with van der Waals surface area (Å²) in [6, 6.07) is 10.5. The van der Waals surface area contributed by atoms with Crippen LogP contribution in [0.3, 0.4) is 0 Å². The summed E-state index contributed by atoms with van der Waals surface area (Å²) in [5.41, 5.74) is 1.78. The van der Waals surface area contributed by atoms with Gasteiger partial charge in [-0.3, -0.25) is 4.79 Å². The third-order valence-corrected chi connectivity index (χ3v) is 4.87. The third kappa shape index (κ3) is 5.16. The highest BCUT2D eigenvalue weighted by molar-refractivity contribution is 6.43. The summed E-state index contributed by atoms with van der Waals surface area (Å²) in [6.07, 6.45) is 3.69. The van der Waals surface area contributed by atoms with Crippen LogP contribution in [0.15, 0.2) is 48.8 Å². The van der Waals surface area contributed by atoms with Crippen LogP contribution < -0.4 is 10.1 Å². The molecule has 0 aliphatic rings. The number of halogens is 3. The van der Waals surface area contributed by atoms with E-state index in [1.54, 1.807) is 6.20 Å². The molecule has 5 nitrogen and oxygen atoms in total. The molecule has 0 aliphatic heterocycles. The highest BCUT2D eigenvalue weighted by Crippen LogP contribution is 2.33. The molecule has 27 heavy (non-hydrogen) atoms. The molecule has 0 saturated heterocycles. The summed E-state index contributed by atoms with van der Waals surface area (Å²) < 4.78 is 7.46. The number of amides is 1. The largest absolute Gasteiger partial charge is 0.482 e. The van der Waals surface area contributed by atoms with Crippen LogP contribution in [0, 0.1) is 6.92 Å². The highest BCUT2D eigenvalue weighted by Gasteiger charge is 2.10. The van der Waals surface area contributed by atoms with Crippen molar-refractivity contribution in [2.75, 3.05) is 11.9 Å². The number of rotatable bonds is 6.